The first-order valence-corrected chi connectivity index (χ1v) is 3.23. The van der Waals surface area contributed by atoms with E-state index in [1.54, 1.807) is 0 Å². The Balaban J connectivity index is 0.000000640. The molecular weight excluding hydrogens is 100 g/mol. The van der Waals surface area contributed by atoms with Crippen LogP contribution >= 0.6 is 0 Å². The molecule has 0 radical (unpaired) electrons. The van der Waals surface area contributed by atoms with E-state index in [0.717, 1.165) is 6.54 Å². The Hall–Kier alpha value is -0.0800. The van der Waals surface area contributed by atoms with E-state index in [1.807, 2.05) is 0 Å². The van der Waals surface area contributed by atoms with Gasteiger partial charge < -0.3 is 10.6 Å². The highest BCUT2D eigenvalue weighted by atomic mass is 15.1. The van der Waals surface area contributed by atoms with E-state index in [0.29, 0.717) is 6.04 Å². The average molecular weight is 116 g/mol. The van der Waals surface area contributed by atoms with Crippen molar-refractivity contribution in [3.8, 4) is 0 Å². The van der Waals surface area contributed by atoms with E-state index in [1.165, 1.54) is 19.4 Å². The fourth-order valence-electron chi connectivity index (χ4n) is 1.21. The number of piperidine rings is 1. The highest BCUT2D eigenvalue weighted by molar-refractivity contribution is 4.71. The zero-order chi connectivity index (χ0) is 5.98. The molecule has 50 valence electrons. The zero-order valence-corrected chi connectivity index (χ0v) is 5.43. The van der Waals surface area contributed by atoms with Gasteiger partial charge in [0.1, 0.15) is 0 Å². The van der Waals surface area contributed by atoms with E-state index >= 15 is 0 Å². The fraction of sp³-hybridized carbons (Fsp3) is 1.00. The van der Waals surface area contributed by atoms with Crippen molar-refractivity contribution >= 4 is 0 Å². The van der Waals surface area contributed by atoms with Crippen molar-refractivity contribution in [1.29, 1.82) is 0 Å². The number of hydrogen-bond acceptors (Lipinski definition) is 2. The van der Waals surface area contributed by atoms with E-state index < -0.39 is 0 Å². The van der Waals surface area contributed by atoms with Crippen molar-refractivity contribution in [2.75, 3.05) is 20.1 Å². The Morgan fingerprint density at radius 3 is 2.88 bits per heavy atom. The van der Waals surface area contributed by atoms with Gasteiger partial charge in [0.2, 0.25) is 0 Å². The molecule has 1 fully saturated rings. The van der Waals surface area contributed by atoms with Gasteiger partial charge in [-0.3, -0.25) is 0 Å². The third-order valence-electron chi connectivity index (χ3n) is 1.66. The highest BCUT2D eigenvalue weighted by Gasteiger charge is 2.11. The van der Waals surface area contributed by atoms with Gasteiger partial charge in [-0.1, -0.05) is 0 Å². The van der Waals surface area contributed by atoms with Crippen LogP contribution in [-0.2, 0) is 0 Å². The van der Waals surface area contributed by atoms with E-state index in [4.69, 9.17) is 5.73 Å². The summed E-state index contributed by atoms with van der Waals surface area (Å²) >= 11 is 0. The van der Waals surface area contributed by atoms with Crippen molar-refractivity contribution in [1.82, 2.24) is 4.90 Å². The molecule has 0 aliphatic carbocycles. The second-order valence-electron chi connectivity index (χ2n) is 2.66. The zero-order valence-electron chi connectivity index (χ0n) is 5.43. The lowest BCUT2D eigenvalue weighted by Gasteiger charge is -2.26. The van der Waals surface area contributed by atoms with Crippen LogP contribution in [0.4, 0.5) is 0 Å². The summed E-state index contributed by atoms with van der Waals surface area (Å²) in [5, 5.41) is 0. The van der Waals surface area contributed by atoms with E-state index in [-0.39, 0.29) is 1.43 Å². The van der Waals surface area contributed by atoms with Gasteiger partial charge in [-0.05, 0) is 26.4 Å². The molecule has 2 nitrogen and oxygen atoms in total. The predicted molar refractivity (Wildman–Crippen MR) is 36.8 cm³/mol. The summed E-state index contributed by atoms with van der Waals surface area (Å²) in [7, 11) is 2.12. The van der Waals surface area contributed by atoms with Crippen LogP contribution in [0.25, 0.3) is 0 Å². The fourth-order valence-corrected chi connectivity index (χ4v) is 1.21. The number of nitrogens with two attached hydrogens (primary N) is 1. The van der Waals surface area contributed by atoms with Crippen molar-refractivity contribution in [2.45, 2.75) is 18.9 Å². The van der Waals surface area contributed by atoms with Gasteiger partial charge >= 0.3 is 0 Å². The highest BCUT2D eigenvalue weighted by Crippen LogP contribution is 2.04. The lowest BCUT2D eigenvalue weighted by Crippen LogP contribution is -2.40. The van der Waals surface area contributed by atoms with Crippen LogP contribution in [0, 0.1) is 0 Å². The van der Waals surface area contributed by atoms with Crippen LogP contribution in [0.15, 0.2) is 0 Å². The number of nitrogens with zero attached hydrogens (tertiary/aromatic N) is 1. The lowest BCUT2D eigenvalue weighted by atomic mass is 10.1. The lowest BCUT2D eigenvalue weighted by molar-refractivity contribution is 0.252. The van der Waals surface area contributed by atoms with E-state index in [9.17, 15) is 0 Å². The van der Waals surface area contributed by atoms with Gasteiger partial charge in [0.25, 0.3) is 0 Å². The molecule has 1 saturated heterocycles. The summed E-state index contributed by atoms with van der Waals surface area (Å²) in [6, 6.07) is 0.439. The molecule has 1 rings (SSSR count). The molecule has 1 heterocycles. The molecule has 1 aliphatic heterocycles. The smallest absolute Gasteiger partial charge is 0.0168 e. The Morgan fingerprint density at radius 2 is 2.50 bits per heavy atom. The Kier molecular flexibility index (Phi) is 1.86. The molecule has 0 aromatic carbocycles. The number of likely N-dealkylation sites (N-methyl/N-ethyl adjacent to an activating group) is 1. The average Bonchev–Trinajstić information content (AvgIpc) is 1.64. The molecule has 0 bridgehead atoms. The summed E-state index contributed by atoms with van der Waals surface area (Å²) in [6.07, 6.45) is 2.49. The molecule has 0 saturated carbocycles. The molecule has 8 heavy (non-hydrogen) atoms. The summed E-state index contributed by atoms with van der Waals surface area (Å²) in [5.41, 5.74) is 5.68. The monoisotopic (exact) mass is 116 g/mol. The first-order valence-electron chi connectivity index (χ1n) is 3.23. The molecule has 1 unspecified atom stereocenters. The maximum atomic E-state index is 5.68. The van der Waals surface area contributed by atoms with Crippen LogP contribution in [0.2, 0.25) is 0 Å². The van der Waals surface area contributed by atoms with Crippen molar-refractivity contribution in [2.24, 2.45) is 5.73 Å². The minimum Gasteiger partial charge on any atom is -0.327 e. The predicted octanol–water partition coefficient (Wildman–Crippen LogP) is 0.285. The van der Waals surface area contributed by atoms with Crippen LogP contribution in [0.3, 0.4) is 0 Å². The normalized spacial score (nSPS) is 33.0. The SMILES string of the molecule is CN1CCCC(N)C1.[HH]. The third-order valence-corrected chi connectivity index (χ3v) is 1.66. The van der Waals surface area contributed by atoms with Crippen LogP contribution < -0.4 is 5.73 Å². The van der Waals surface area contributed by atoms with Crippen LogP contribution in [0.5, 0.6) is 0 Å². The van der Waals surface area contributed by atoms with Gasteiger partial charge in [-0.25, -0.2) is 0 Å². The third kappa shape index (κ3) is 1.46. The second kappa shape index (κ2) is 2.46. The summed E-state index contributed by atoms with van der Waals surface area (Å²) < 4.78 is 0. The summed E-state index contributed by atoms with van der Waals surface area (Å²) in [4.78, 5) is 2.29. The summed E-state index contributed by atoms with van der Waals surface area (Å²) in [6.45, 7) is 2.31. The maximum Gasteiger partial charge on any atom is 0.0168 e. The molecule has 1 atom stereocenters. The van der Waals surface area contributed by atoms with E-state index in [2.05, 4.69) is 11.9 Å². The number of hydrogen-bond donors (Lipinski definition) is 1. The minimum absolute atomic E-state index is 0. The molecular formula is C6H16N2. The topological polar surface area (TPSA) is 29.3 Å². The van der Waals surface area contributed by atoms with Crippen molar-refractivity contribution in [3.63, 3.8) is 0 Å². The molecule has 0 amide bonds. The molecule has 2 N–H and O–H groups in total. The number of rotatable bonds is 0. The van der Waals surface area contributed by atoms with Gasteiger partial charge in [0.15, 0.2) is 0 Å². The Labute approximate surface area is 52.1 Å². The van der Waals surface area contributed by atoms with Crippen molar-refractivity contribution in [3.05, 3.63) is 0 Å². The maximum absolute atomic E-state index is 5.68. The Bertz CT molecular complexity index is 69.5. The molecule has 0 aromatic heterocycles. The first kappa shape index (κ1) is 6.05. The quantitative estimate of drug-likeness (QED) is 0.493. The van der Waals surface area contributed by atoms with Gasteiger partial charge in [-0.2, -0.15) is 0 Å². The molecule has 0 aromatic rings. The van der Waals surface area contributed by atoms with Gasteiger partial charge in [-0.15, -0.1) is 0 Å². The first-order chi connectivity index (χ1) is 3.79. The second-order valence-corrected chi connectivity index (χ2v) is 2.66. The standard InChI is InChI=1S/C6H14N2.H2/c1-8-4-2-3-6(7)5-8;/h6H,2-5,7H2,1H3;1H. The van der Waals surface area contributed by atoms with Crippen LogP contribution in [0.1, 0.15) is 14.3 Å². The molecule has 2 heteroatoms. The minimum atomic E-state index is 0. The van der Waals surface area contributed by atoms with Crippen LogP contribution in [-0.4, -0.2) is 31.1 Å². The largest absolute Gasteiger partial charge is 0.327 e. The van der Waals surface area contributed by atoms with Gasteiger partial charge in [0.05, 0.1) is 0 Å². The molecule has 0 spiro atoms. The van der Waals surface area contributed by atoms with Gasteiger partial charge in [0, 0.05) is 14.0 Å². The number of likely N-dealkylation sites (tertiary alicyclic amines) is 1. The molecule has 1 aliphatic rings. The summed E-state index contributed by atoms with van der Waals surface area (Å²) in [5.74, 6) is 0. The Morgan fingerprint density at radius 1 is 1.75 bits per heavy atom. The van der Waals surface area contributed by atoms with Crippen molar-refractivity contribution < 1.29 is 1.43 Å².